The molecule has 0 spiro atoms. The van der Waals surface area contributed by atoms with Crippen molar-refractivity contribution in [1.29, 1.82) is 0 Å². The lowest BCUT2D eigenvalue weighted by Crippen LogP contribution is -2.25. The van der Waals surface area contributed by atoms with Crippen molar-refractivity contribution < 1.29 is 10.2 Å². The van der Waals surface area contributed by atoms with Crippen LogP contribution in [0.2, 0.25) is 0 Å². The molecule has 0 bridgehead atoms. The van der Waals surface area contributed by atoms with Gasteiger partial charge in [-0.25, -0.2) is 0 Å². The molecule has 0 aromatic carbocycles. The third kappa shape index (κ3) is 6.40. The van der Waals surface area contributed by atoms with Crippen molar-refractivity contribution in [2.45, 2.75) is 116 Å². The van der Waals surface area contributed by atoms with Crippen LogP contribution < -0.4 is 0 Å². The molecule has 1 heterocycles. The maximum absolute atomic E-state index is 11.0. The third-order valence-electron chi connectivity index (χ3n) is 9.40. The van der Waals surface area contributed by atoms with Gasteiger partial charge >= 0.3 is 0 Å². The summed E-state index contributed by atoms with van der Waals surface area (Å²) in [4.78, 5) is 4.87. The van der Waals surface area contributed by atoms with Gasteiger partial charge in [0.15, 0.2) is 0 Å². The van der Waals surface area contributed by atoms with Gasteiger partial charge in [0.25, 0.3) is 0 Å². The average Bonchev–Trinajstić information content (AvgIpc) is 3.33. The molecule has 3 nitrogen and oxygen atoms in total. The molecule has 0 radical (unpaired) electrons. The number of fused-ring (bicyclic) bond motifs is 1. The molecule has 0 saturated heterocycles. The van der Waals surface area contributed by atoms with Gasteiger partial charge in [-0.2, -0.15) is 0 Å². The summed E-state index contributed by atoms with van der Waals surface area (Å²) in [6.45, 7) is 7.82. The lowest BCUT2D eigenvalue weighted by molar-refractivity contribution is 0.0931. The largest absolute Gasteiger partial charge is 0.392 e. The fourth-order valence-corrected chi connectivity index (χ4v) is 7.08. The second-order valence-electron chi connectivity index (χ2n) is 12.2. The molecular formula is C30H49NO2. The number of rotatable bonds is 9. The normalized spacial score (nSPS) is 38.0. The number of aliphatic hydroxyl groups is 2. The van der Waals surface area contributed by atoms with E-state index < -0.39 is 0 Å². The maximum Gasteiger partial charge on any atom is 0.0633 e. The molecule has 0 aromatic heterocycles. The zero-order valence-electron chi connectivity index (χ0n) is 21.5. The summed E-state index contributed by atoms with van der Waals surface area (Å²) in [6, 6.07) is 0. The Morgan fingerprint density at radius 3 is 2.70 bits per heavy atom. The molecule has 33 heavy (non-hydrogen) atoms. The highest BCUT2D eigenvalue weighted by molar-refractivity contribution is 5.89. The highest BCUT2D eigenvalue weighted by Gasteiger charge is 2.38. The number of hydrogen-bond acceptors (Lipinski definition) is 3. The van der Waals surface area contributed by atoms with E-state index in [4.69, 9.17) is 4.99 Å². The molecule has 7 unspecified atom stereocenters. The van der Waals surface area contributed by atoms with E-state index in [9.17, 15) is 10.2 Å². The van der Waals surface area contributed by atoms with E-state index in [0.717, 1.165) is 62.8 Å². The standard InChI is InChI=1S/C30H49NO2/c1-20(2)7-6-8-22-11-12-23(29(32)17-22)13-14-24-18-25(30(33)21(24)3)15-16-26-19-31-28-10-5-4-9-27(26)28/h11,14,20-21,23,25-27,29-30,32-33H,4-10,12-13,15-19H2,1-3H3. The van der Waals surface area contributed by atoms with E-state index in [2.05, 4.69) is 32.9 Å². The van der Waals surface area contributed by atoms with Gasteiger partial charge in [0.1, 0.15) is 0 Å². The second-order valence-corrected chi connectivity index (χ2v) is 12.2. The molecule has 7 atom stereocenters. The lowest BCUT2D eigenvalue weighted by atomic mass is 9.78. The van der Waals surface area contributed by atoms with Crippen molar-refractivity contribution in [2.75, 3.05) is 6.54 Å². The number of aliphatic hydroxyl groups excluding tert-OH is 2. The molecule has 0 amide bonds. The van der Waals surface area contributed by atoms with Crippen LogP contribution in [0.1, 0.15) is 104 Å². The molecule has 4 aliphatic rings. The first-order chi connectivity index (χ1) is 15.9. The van der Waals surface area contributed by atoms with Crippen LogP contribution in [0, 0.1) is 35.5 Å². The minimum atomic E-state index is -0.203. The zero-order chi connectivity index (χ0) is 23.4. The Labute approximate surface area is 202 Å². The van der Waals surface area contributed by atoms with Crippen LogP contribution in [0.3, 0.4) is 0 Å². The average molecular weight is 456 g/mol. The zero-order valence-corrected chi connectivity index (χ0v) is 21.5. The van der Waals surface area contributed by atoms with Crippen molar-refractivity contribution in [3.63, 3.8) is 0 Å². The monoisotopic (exact) mass is 455 g/mol. The molecule has 2 fully saturated rings. The van der Waals surface area contributed by atoms with Gasteiger partial charge in [0.2, 0.25) is 0 Å². The molecule has 3 aliphatic carbocycles. The summed E-state index contributed by atoms with van der Waals surface area (Å²) in [6.07, 6.45) is 19.6. The lowest BCUT2D eigenvalue weighted by Gasteiger charge is -2.27. The third-order valence-corrected chi connectivity index (χ3v) is 9.40. The quantitative estimate of drug-likeness (QED) is 0.372. The Hall–Kier alpha value is -0.930. The minimum absolute atomic E-state index is 0.201. The van der Waals surface area contributed by atoms with Crippen LogP contribution in [0.25, 0.3) is 0 Å². The van der Waals surface area contributed by atoms with Gasteiger partial charge < -0.3 is 10.2 Å². The first kappa shape index (κ1) is 25.2. The van der Waals surface area contributed by atoms with Crippen LogP contribution in [0.15, 0.2) is 28.3 Å². The molecular weight excluding hydrogens is 406 g/mol. The van der Waals surface area contributed by atoms with Crippen molar-refractivity contribution in [3.05, 3.63) is 23.3 Å². The SMILES string of the molecule is CC(C)CCCC1=CCC(CC=C2CC(CCC3CN=C4CCCCC43)C(O)C2C)C(O)C1. The van der Waals surface area contributed by atoms with E-state index in [1.54, 1.807) is 0 Å². The highest BCUT2D eigenvalue weighted by atomic mass is 16.3. The predicted octanol–water partition coefficient (Wildman–Crippen LogP) is 6.88. The first-order valence-corrected chi connectivity index (χ1v) is 14.2. The van der Waals surface area contributed by atoms with Crippen molar-refractivity contribution in [2.24, 2.45) is 40.5 Å². The first-order valence-electron chi connectivity index (χ1n) is 14.2. The summed E-state index contributed by atoms with van der Waals surface area (Å²) in [7, 11) is 0. The smallest absolute Gasteiger partial charge is 0.0633 e. The summed E-state index contributed by atoms with van der Waals surface area (Å²) < 4.78 is 0. The number of aliphatic imine (C=N–C) groups is 1. The second kappa shape index (κ2) is 11.7. The summed E-state index contributed by atoms with van der Waals surface area (Å²) in [5.74, 6) is 3.26. The Morgan fingerprint density at radius 2 is 1.91 bits per heavy atom. The van der Waals surface area contributed by atoms with Gasteiger partial charge in [0, 0.05) is 24.1 Å². The molecule has 4 rings (SSSR count). The maximum atomic E-state index is 11.0. The van der Waals surface area contributed by atoms with Crippen molar-refractivity contribution >= 4 is 5.71 Å². The Kier molecular flexibility index (Phi) is 8.90. The molecule has 186 valence electrons. The Morgan fingerprint density at radius 1 is 1.09 bits per heavy atom. The summed E-state index contributed by atoms with van der Waals surface area (Å²) >= 11 is 0. The Bertz CT molecular complexity index is 736. The molecule has 2 saturated carbocycles. The van der Waals surface area contributed by atoms with E-state index in [0.29, 0.717) is 11.8 Å². The fraction of sp³-hybridized carbons (Fsp3) is 0.833. The highest BCUT2D eigenvalue weighted by Crippen LogP contribution is 2.42. The predicted molar refractivity (Wildman–Crippen MR) is 138 cm³/mol. The molecule has 1 aliphatic heterocycles. The molecule has 0 aromatic rings. The van der Waals surface area contributed by atoms with Gasteiger partial charge in [-0.1, -0.05) is 56.9 Å². The number of allylic oxidation sites excluding steroid dienone is 2. The van der Waals surface area contributed by atoms with Crippen LogP contribution in [0.4, 0.5) is 0 Å². The van der Waals surface area contributed by atoms with E-state index in [1.165, 1.54) is 61.8 Å². The van der Waals surface area contributed by atoms with Gasteiger partial charge in [0.05, 0.1) is 12.2 Å². The van der Waals surface area contributed by atoms with Gasteiger partial charge in [-0.15, -0.1) is 0 Å². The van der Waals surface area contributed by atoms with Crippen LogP contribution in [-0.4, -0.2) is 34.7 Å². The van der Waals surface area contributed by atoms with Gasteiger partial charge in [-0.05, 0) is 94.3 Å². The van der Waals surface area contributed by atoms with Crippen molar-refractivity contribution in [1.82, 2.24) is 0 Å². The molecule has 3 heteroatoms. The van der Waals surface area contributed by atoms with E-state index in [-0.39, 0.29) is 18.1 Å². The van der Waals surface area contributed by atoms with E-state index in [1.807, 2.05) is 0 Å². The van der Waals surface area contributed by atoms with Gasteiger partial charge in [-0.3, -0.25) is 4.99 Å². The summed E-state index contributed by atoms with van der Waals surface area (Å²) in [5, 5.41) is 21.7. The number of hydrogen-bond donors (Lipinski definition) is 2. The number of nitrogens with zero attached hydrogens (tertiary/aromatic N) is 1. The minimum Gasteiger partial charge on any atom is -0.392 e. The van der Waals surface area contributed by atoms with E-state index >= 15 is 0 Å². The van der Waals surface area contributed by atoms with Crippen molar-refractivity contribution in [3.8, 4) is 0 Å². The van der Waals surface area contributed by atoms with Crippen LogP contribution in [0.5, 0.6) is 0 Å². The molecule has 2 N–H and O–H groups in total. The summed E-state index contributed by atoms with van der Waals surface area (Å²) in [5.41, 5.74) is 4.41. The van der Waals surface area contributed by atoms with Crippen LogP contribution >= 0.6 is 0 Å². The fourth-order valence-electron chi connectivity index (χ4n) is 7.08. The topological polar surface area (TPSA) is 52.8 Å². The Balaban J connectivity index is 1.24. The van der Waals surface area contributed by atoms with Crippen LogP contribution in [-0.2, 0) is 0 Å².